The zero-order chi connectivity index (χ0) is 13.0. The van der Waals surface area contributed by atoms with E-state index >= 15 is 0 Å². The highest BCUT2D eigenvalue weighted by atomic mass is 32.2. The Morgan fingerprint density at radius 2 is 1.94 bits per heavy atom. The molecule has 0 spiro atoms. The molecular weight excluding hydrogens is 250 g/mol. The van der Waals surface area contributed by atoms with Gasteiger partial charge in [-0.15, -0.1) is 0 Å². The summed E-state index contributed by atoms with van der Waals surface area (Å²) in [5.74, 6) is 1.10. The minimum absolute atomic E-state index is 0.282. The molecule has 1 aromatic rings. The first-order valence-electron chi connectivity index (χ1n) is 6.31. The quantitative estimate of drug-likeness (QED) is 0.840. The Bertz CT molecular complexity index is 481. The summed E-state index contributed by atoms with van der Waals surface area (Å²) in [6, 6.07) is 7.62. The fourth-order valence-electron chi connectivity index (χ4n) is 2.08. The van der Waals surface area contributed by atoms with Crippen molar-refractivity contribution in [1.82, 2.24) is 4.31 Å². The summed E-state index contributed by atoms with van der Waals surface area (Å²) < 4.78 is 30.6. The number of hydrogen-bond donors (Lipinski definition) is 0. The van der Waals surface area contributed by atoms with Gasteiger partial charge in [0.15, 0.2) is 0 Å². The second-order valence-electron chi connectivity index (χ2n) is 4.43. The SMILES string of the molecule is CCOc1ccc(CN2CCCCS2(=O)=O)cc1. The molecule has 18 heavy (non-hydrogen) atoms. The third-order valence-corrected chi connectivity index (χ3v) is 4.95. The fourth-order valence-corrected chi connectivity index (χ4v) is 3.66. The fraction of sp³-hybridized carbons (Fsp3) is 0.538. The van der Waals surface area contributed by atoms with Crippen LogP contribution in [0.2, 0.25) is 0 Å². The average Bonchev–Trinajstić information content (AvgIpc) is 2.34. The summed E-state index contributed by atoms with van der Waals surface area (Å²) in [5.41, 5.74) is 1.00. The summed E-state index contributed by atoms with van der Waals surface area (Å²) in [6.45, 7) is 3.68. The number of sulfonamides is 1. The third-order valence-electron chi connectivity index (χ3n) is 3.05. The van der Waals surface area contributed by atoms with Crippen molar-refractivity contribution in [2.75, 3.05) is 18.9 Å². The number of benzene rings is 1. The first-order chi connectivity index (χ1) is 8.62. The van der Waals surface area contributed by atoms with Crippen LogP contribution in [-0.4, -0.2) is 31.6 Å². The third kappa shape index (κ3) is 3.23. The molecule has 0 N–H and O–H groups in total. The van der Waals surface area contributed by atoms with Crippen LogP contribution in [-0.2, 0) is 16.6 Å². The maximum atomic E-state index is 11.9. The Labute approximate surface area is 109 Å². The van der Waals surface area contributed by atoms with Crippen LogP contribution in [0, 0.1) is 0 Å². The van der Waals surface area contributed by atoms with Crippen molar-refractivity contribution in [3.8, 4) is 5.75 Å². The summed E-state index contributed by atoms with van der Waals surface area (Å²) in [4.78, 5) is 0. The highest BCUT2D eigenvalue weighted by molar-refractivity contribution is 7.89. The van der Waals surface area contributed by atoms with E-state index in [4.69, 9.17) is 4.74 Å². The van der Waals surface area contributed by atoms with Gasteiger partial charge in [-0.1, -0.05) is 12.1 Å². The zero-order valence-corrected chi connectivity index (χ0v) is 11.4. The van der Waals surface area contributed by atoms with Gasteiger partial charge in [0.05, 0.1) is 12.4 Å². The smallest absolute Gasteiger partial charge is 0.214 e. The summed E-state index contributed by atoms with van der Waals surface area (Å²) >= 11 is 0. The number of nitrogens with zero attached hydrogens (tertiary/aromatic N) is 1. The monoisotopic (exact) mass is 269 g/mol. The molecule has 0 aromatic heterocycles. The zero-order valence-electron chi connectivity index (χ0n) is 10.6. The standard InChI is InChI=1S/C13H19NO3S/c1-2-17-13-7-5-12(6-8-13)11-14-9-3-4-10-18(14,15)16/h5-8H,2-4,9-11H2,1H3. The van der Waals surface area contributed by atoms with E-state index in [-0.39, 0.29) is 5.75 Å². The van der Waals surface area contributed by atoms with Crippen LogP contribution in [0.3, 0.4) is 0 Å². The molecule has 1 aliphatic rings. The van der Waals surface area contributed by atoms with Gasteiger partial charge in [0.2, 0.25) is 10.0 Å². The number of ether oxygens (including phenoxy) is 1. The Balaban J connectivity index is 2.04. The van der Waals surface area contributed by atoms with Crippen molar-refractivity contribution in [2.24, 2.45) is 0 Å². The molecule has 0 saturated carbocycles. The number of rotatable bonds is 4. The molecule has 2 rings (SSSR count). The highest BCUT2D eigenvalue weighted by Gasteiger charge is 2.25. The Hall–Kier alpha value is -1.07. The van der Waals surface area contributed by atoms with E-state index in [1.807, 2.05) is 31.2 Å². The van der Waals surface area contributed by atoms with E-state index in [0.29, 0.717) is 19.7 Å². The van der Waals surface area contributed by atoms with E-state index in [2.05, 4.69) is 0 Å². The van der Waals surface area contributed by atoms with Gasteiger partial charge in [-0.25, -0.2) is 8.42 Å². The van der Waals surface area contributed by atoms with Gasteiger partial charge in [0, 0.05) is 13.1 Å². The molecular formula is C13H19NO3S. The molecule has 0 unspecified atom stereocenters. The lowest BCUT2D eigenvalue weighted by Crippen LogP contribution is -2.37. The molecule has 0 atom stereocenters. The van der Waals surface area contributed by atoms with Crippen LogP contribution in [0.1, 0.15) is 25.3 Å². The van der Waals surface area contributed by atoms with Crippen LogP contribution in [0.4, 0.5) is 0 Å². The molecule has 1 fully saturated rings. The van der Waals surface area contributed by atoms with Gasteiger partial charge in [-0.05, 0) is 37.5 Å². The first kappa shape index (κ1) is 13.4. The maximum absolute atomic E-state index is 11.9. The molecule has 1 heterocycles. The average molecular weight is 269 g/mol. The van der Waals surface area contributed by atoms with Crippen molar-refractivity contribution >= 4 is 10.0 Å². The maximum Gasteiger partial charge on any atom is 0.214 e. The van der Waals surface area contributed by atoms with Crippen LogP contribution in [0.25, 0.3) is 0 Å². The molecule has 0 bridgehead atoms. The van der Waals surface area contributed by atoms with Gasteiger partial charge in [0.1, 0.15) is 5.75 Å². The summed E-state index contributed by atoms with van der Waals surface area (Å²) in [5, 5.41) is 0. The lowest BCUT2D eigenvalue weighted by Gasteiger charge is -2.26. The van der Waals surface area contributed by atoms with E-state index in [0.717, 1.165) is 24.2 Å². The van der Waals surface area contributed by atoms with Crippen molar-refractivity contribution in [3.63, 3.8) is 0 Å². The normalized spacial score (nSPS) is 19.6. The molecule has 4 nitrogen and oxygen atoms in total. The van der Waals surface area contributed by atoms with E-state index < -0.39 is 10.0 Å². The van der Waals surface area contributed by atoms with Gasteiger partial charge in [-0.2, -0.15) is 4.31 Å². The Morgan fingerprint density at radius 1 is 1.22 bits per heavy atom. The largest absolute Gasteiger partial charge is 0.494 e. The van der Waals surface area contributed by atoms with E-state index in [9.17, 15) is 8.42 Å². The lowest BCUT2D eigenvalue weighted by atomic mass is 10.2. The minimum atomic E-state index is -3.04. The molecule has 0 amide bonds. The molecule has 0 aliphatic carbocycles. The summed E-state index contributed by atoms with van der Waals surface area (Å²) in [6.07, 6.45) is 1.73. The predicted molar refractivity (Wildman–Crippen MR) is 71.0 cm³/mol. The van der Waals surface area contributed by atoms with E-state index in [1.165, 1.54) is 0 Å². The van der Waals surface area contributed by atoms with Crippen LogP contribution >= 0.6 is 0 Å². The van der Waals surface area contributed by atoms with Crippen LogP contribution in [0.5, 0.6) is 5.75 Å². The first-order valence-corrected chi connectivity index (χ1v) is 7.92. The van der Waals surface area contributed by atoms with Crippen LogP contribution in [0.15, 0.2) is 24.3 Å². The van der Waals surface area contributed by atoms with Crippen molar-refractivity contribution in [1.29, 1.82) is 0 Å². The van der Waals surface area contributed by atoms with Gasteiger partial charge in [-0.3, -0.25) is 0 Å². The molecule has 100 valence electrons. The highest BCUT2D eigenvalue weighted by Crippen LogP contribution is 2.19. The van der Waals surface area contributed by atoms with Gasteiger partial charge >= 0.3 is 0 Å². The second kappa shape index (κ2) is 5.71. The van der Waals surface area contributed by atoms with Crippen molar-refractivity contribution in [3.05, 3.63) is 29.8 Å². The van der Waals surface area contributed by atoms with Crippen LogP contribution < -0.4 is 4.74 Å². The van der Waals surface area contributed by atoms with Crippen molar-refractivity contribution in [2.45, 2.75) is 26.3 Å². The Kier molecular flexibility index (Phi) is 4.24. The molecule has 1 aliphatic heterocycles. The summed E-state index contributed by atoms with van der Waals surface area (Å²) in [7, 11) is -3.04. The van der Waals surface area contributed by atoms with Crippen molar-refractivity contribution < 1.29 is 13.2 Å². The molecule has 5 heteroatoms. The Morgan fingerprint density at radius 3 is 2.56 bits per heavy atom. The van der Waals surface area contributed by atoms with E-state index in [1.54, 1.807) is 4.31 Å². The van der Waals surface area contributed by atoms with Gasteiger partial charge < -0.3 is 4.74 Å². The molecule has 1 saturated heterocycles. The molecule has 1 aromatic carbocycles. The predicted octanol–water partition coefficient (Wildman–Crippen LogP) is 2.01. The van der Waals surface area contributed by atoms with Gasteiger partial charge in [0.25, 0.3) is 0 Å². The lowest BCUT2D eigenvalue weighted by molar-refractivity contribution is 0.339. The second-order valence-corrected chi connectivity index (χ2v) is 6.52. The number of hydrogen-bond acceptors (Lipinski definition) is 3. The topological polar surface area (TPSA) is 46.6 Å². The minimum Gasteiger partial charge on any atom is -0.494 e. The molecule has 0 radical (unpaired) electrons.